The van der Waals surface area contributed by atoms with Gasteiger partial charge in [0.05, 0.1) is 18.2 Å². The van der Waals surface area contributed by atoms with Crippen molar-refractivity contribution in [2.45, 2.75) is 12.3 Å². The Morgan fingerprint density at radius 3 is 2.86 bits per heavy atom. The van der Waals surface area contributed by atoms with E-state index in [4.69, 9.17) is 4.74 Å². The lowest BCUT2D eigenvalue weighted by Gasteiger charge is -2.13. The molecule has 21 heavy (non-hydrogen) atoms. The van der Waals surface area contributed by atoms with Gasteiger partial charge in [0.2, 0.25) is 0 Å². The van der Waals surface area contributed by atoms with E-state index in [1.807, 2.05) is 0 Å². The lowest BCUT2D eigenvalue weighted by atomic mass is 9.91. The maximum absolute atomic E-state index is 12.3. The van der Waals surface area contributed by atoms with Gasteiger partial charge in [0.1, 0.15) is 11.5 Å². The third-order valence-corrected chi connectivity index (χ3v) is 4.08. The number of rotatable bonds is 1. The predicted octanol–water partition coefficient (Wildman–Crippen LogP) is 2.19. The molecule has 5 heteroatoms. The SMILES string of the molecule is O=C1C(c2cc3c(cc2O)CCO3)c2ccccc2N1O. The fraction of sp³-hybridized carbons (Fsp3) is 0.188. The van der Waals surface area contributed by atoms with Crippen molar-refractivity contribution < 1.29 is 19.8 Å². The molecule has 2 aromatic rings. The van der Waals surface area contributed by atoms with Crippen molar-refractivity contribution in [3.05, 3.63) is 53.1 Å². The van der Waals surface area contributed by atoms with E-state index >= 15 is 0 Å². The van der Waals surface area contributed by atoms with Gasteiger partial charge >= 0.3 is 0 Å². The fourth-order valence-electron chi connectivity index (χ4n) is 3.06. The number of fused-ring (bicyclic) bond motifs is 2. The van der Waals surface area contributed by atoms with Crippen LogP contribution in [0.25, 0.3) is 0 Å². The molecule has 1 unspecified atom stereocenters. The Balaban J connectivity index is 1.89. The molecule has 0 aliphatic carbocycles. The molecule has 2 aliphatic rings. The highest BCUT2D eigenvalue weighted by atomic mass is 16.5. The standard InChI is InChI=1S/C16H13NO4/c18-13-7-9-5-6-21-14(9)8-11(13)15-10-3-1-2-4-12(10)17(20)16(15)19/h1-4,7-8,15,18,20H,5-6H2. The minimum absolute atomic E-state index is 0.0581. The summed E-state index contributed by atoms with van der Waals surface area (Å²) in [5.74, 6) is -0.419. The lowest BCUT2D eigenvalue weighted by Crippen LogP contribution is -2.25. The number of benzene rings is 2. The summed E-state index contributed by atoms with van der Waals surface area (Å²) < 4.78 is 5.51. The zero-order valence-corrected chi connectivity index (χ0v) is 11.1. The first kappa shape index (κ1) is 12.2. The number of carbonyl (C=O) groups is 1. The van der Waals surface area contributed by atoms with Gasteiger partial charge < -0.3 is 9.84 Å². The Labute approximate surface area is 121 Å². The zero-order chi connectivity index (χ0) is 14.6. The Morgan fingerprint density at radius 1 is 1.19 bits per heavy atom. The number of amides is 1. The van der Waals surface area contributed by atoms with Crippen LogP contribution < -0.4 is 9.80 Å². The van der Waals surface area contributed by atoms with Crippen molar-refractivity contribution in [1.82, 2.24) is 0 Å². The molecule has 0 saturated heterocycles. The van der Waals surface area contributed by atoms with Crippen molar-refractivity contribution in [3.8, 4) is 11.5 Å². The van der Waals surface area contributed by atoms with Gasteiger partial charge in [0.15, 0.2) is 0 Å². The molecule has 0 spiro atoms. The molecule has 1 atom stereocenters. The number of hydroxylamine groups is 1. The normalized spacial score (nSPS) is 19.4. The molecule has 2 heterocycles. The molecule has 5 nitrogen and oxygen atoms in total. The predicted molar refractivity (Wildman–Crippen MR) is 74.9 cm³/mol. The average molecular weight is 283 g/mol. The quantitative estimate of drug-likeness (QED) is 0.787. The Morgan fingerprint density at radius 2 is 2.00 bits per heavy atom. The summed E-state index contributed by atoms with van der Waals surface area (Å²) in [6.07, 6.45) is 0.754. The van der Waals surface area contributed by atoms with Crippen LogP contribution in [0.4, 0.5) is 5.69 Å². The van der Waals surface area contributed by atoms with Crippen LogP contribution in [0.1, 0.15) is 22.6 Å². The number of phenolic OH excluding ortho intramolecular Hbond substituents is 1. The van der Waals surface area contributed by atoms with E-state index in [1.54, 1.807) is 36.4 Å². The van der Waals surface area contributed by atoms with E-state index < -0.39 is 11.8 Å². The molecule has 106 valence electrons. The van der Waals surface area contributed by atoms with Crippen LogP contribution in [0.15, 0.2) is 36.4 Å². The second kappa shape index (κ2) is 4.23. The van der Waals surface area contributed by atoms with Crippen molar-refractivity contribution in [2.75, 3.05) is 11.7 Å². The Hall–Kier alpha value is -2.53. The second-order valence-electron chi connectivity index (χ2n) is 5.26. The first-order chi connectivity index (χ1) is 10.2. The van der Waals surface area contributed by atoms with Crippen LogP contribution >= 0.6 is 0 Å². The summed E-state index contributed by atoms with van der Waals surface area (Å²) >= 11 is 0. The summed E-state index contributed by atoms with van der Waals surface area (Å²) in [6.45, 7) is 0.583. The number of anilines is 1. The second-order valence-corrected chi connectivity index (χ2v) is 5.26. The number of aromatic hydroxyl groups is 1. The first-order valence-corrected chi connectivity index (χ1v) is 6.77. The van der Waals surface area contributed by atoms with Gasteiger partial charge in [0, 0.05) is 17.5 Å². The number of hydrogen-bond acceptors (Lipinski definition) is 4. The van der Waals surface area contributed by atoms with Crippen molar-refractivity contribution in [3.63, 3.8) is 0 Å². The molecule has 0 bridgehead atoms. The topological polar surface area (TPSA) is 70.0 Å². The van der Waals surface area contributed by atoms with Crippen LogP contribution in [-0.2, 0) is 11.2 Å². The minimum Gasteiger partial charge on any atom is -0.508 e. The Bertz CT molecular complexity index is 756. The van der Waals surface area contributed by atoms with Crippen LogP contribution in [0, 0.1) is 0 Å². The maximum atomic E-state index is 12.3. The third-order valence-electron chi connectivity index (χ3n) is 4.08. The molecular formula is C16H13NO4. The van der Waals surface area contributed by atoms with Crippen LogP contribution in [0.5, 0.6) is 11.5 Å². The molecule has 4 rings (SSSR count). The molecule has 2 aromatic carbocycles. The first-order valence-electron chi connectivity index (χ1n) is 6.77. The van der Waals surface area contributed by atoms with E-state index in [0.29, 0.717) is 34.2 Å². The molecule has 1 amide bonds. The number of phenols is 1. The van der Waals surface area contributed by atoms with E-state index in [0.717, 1.165) is 12.0 Å². The summed E-state index contributed by atoms with van der Waals surface area (Å²) in [7, 11) is 0. The maximum Gasteiger partial charge on any atom is 0.262 e. The zero-order valence-electron chi connectivity index (χ0n) is 11.1. The van der Waals surface area contributed by atoms with Gasteiger partial charge in [-0.3, -0.25) is 10.0 Å². The molecular weight excluding hydrogens is 270 g/mol. The smallest absolute Gasteiger partial charge is 0.262 e. The number of ether oxygens (including phenoxy) is 1. The molecule has 0 saturated carbocycles. The lowest BCUT2D eigenvalue weighted by molar-refractivity contribution is -0.123. The number of carbonyl (C=O) groups excluding carboxylic acids is 1. The monoisotopic (exact) mass is 283 g/mol. The number of para-hydroxylation sites is 1. The van der Waals surface area contributed by atoms with E-state index in [1.165, 1.54) is 0 Å². The number of nitrogens with zero attached hydrogens (tertiary/aromatic N) is 1. The summed E-state index contributed by atoms with van der Waals surface area (Å²) in [5.41, 5.74) is 2.53. The molecule has 0 radical (unpaired) electrons. The van der Waals surface area contributed by atoms with Gasteiger partial charge in [-0.2, -0.15) is 5.06 Å². The van der Waals surface area contributed by atoms with Crippen LogP contribution in [0.2, 0.25) is 0 Å². The average Bonchev–Trinajstić information content (AvgIpc) is 3.03. The third kappa shape index (κ3) is 1.64. The summed E-state index contributed by atoms with van der Waals surface area (Å²) in [5, 5.41) is 20.8. The highest BCUT2D eigenvalue weighted by Crippen LogP contribution is 2.45. The van der Waals surface area contributed by atoms with Gasteiger partial charge in [0.25, 0.3) is 5.91 Å². The number of hydrogen-bond donors (Lipinski definition) is 2. The van der Waals surface area contributed by atoms with Crippen LogP contribution in [-0.4, -0.2) is 22.8 Å². The summed E-state index contributed by atoms with van der Waals surface area (Å²) in [6, 6.07) is 10.4. The molecule has 2 aliphatic heterocycles. The molecule has 2 N–H and O–H groups in total. The van der Waals surface area contributed by atoms with Crippen LogP contribution in [0.3, 0.4) is 0 Å². The van der Waals surface area contributed by atoms with Crippen molar-refractivity contribution >= 4 is 11.6 Å². The molecule has 0 fully saturated rings. The van der Waals surface area contributed by atoms with E-state index in [9.17, 15) is 15.1 Å². The van der Waals surface area contributed by atoms with E-state index in [-0.39, 0.29) is 5.75 Å². The highest BCUT2D eigenvalue weighted by molar-refractivity contribution is 6.05. The minimum atomic E-state index is -0.708. The van der Waals surface area contributed by atoms with Gasteiger partial charge in [-0.25, -0.2) is 0 Å². The van der Waals surface area contributed by atoms with Gasteiger partial charge in [-0.05, 0) is 23.8 Å². The highest BCUT2D eigenvalue weighted by Gasteiger charge is 2.39. The Kier molecular flexibility index (Phi) is 2.46. The summed E-state index contributed by atoms with van der Waals surface area (Å²) in [4.78, 5) is 12.3. The fourth-order valence-corrected chi connectivity index (χ4v) is 3.06. The van der Waals surface area contributed by atoms with E-state index in [2.05, 4.69) is 0 Å². The van der Waals surface area contributed by atoms with Gasteiger partial charge in [-0.1, -0.05) is 18.2 Å². The molecule has 0 aromatic heterocycles. The van der Waals surface area contributed by atoms with Crippen molar-refractivity contribution in [1.29, 1.82) is 0 Å². The largest absolute Gasteiger partial charge is 0.508 e. The van der Waals surface area contributed by atoms with Gasteiger partial charge in [-0.15, -0.1) is 0 Å². The van der Waals surface area contributed by atoms with Crippen molar-refractivity contribution in [2.24, 2.45) is 0 Å².